The number of benzene rings is 1. The zero-order valence-corrected chi connectivity index (χ0v) is 16.0. The predicted octanol–water partition coefficient (Wildman–Crippen LogP) is 2.33. The molecule has 1 unspecified atom stereocenters. The van der Waals surface area contributed by atoms with Crippen LogP contribution in [0.4, 0.5) is 11.5 Å². The van der Waals surface area contributed by atoms with Crippen LogP contribution in [-0.2, 0) is 4.79 Å². The van der Waals surface area contributed by atoms with Crippen LogP contribution in [0.2, 0.25) is 0 Å². The number of amides is 1. The molecule has 2 saturated heterocycles. The van der Waals surface area contributed by atoms with E-state index in [1.807, 2.05) is 29.2 Å². The lowest BCUT2D eigenvalue weighted by Crippen LogP contribution is -2.52. The number of piperazine rings is 1. The monoisotopic (exact) mass is 366 g/mol. The summed E-state index contributed by atoms with van der Waals surface area (Å²) in [5.41, 5.74) is 2.22. The number of ether oxygens (including phenoxy) is 1. The molecule has 2 aliphatic rings. The van der Waals surface area contributed by atoms with E-state index >= 15 is 0 Å². The molecule has 2 aliphatic heterocycles. The molecule has 1 aromatic carbocycles. The summed E-state index contributed by atoms with van der Waals surface area (Å²) >= 11 is 0. The summed E-state index contributed by atoms with van der Waals surface area (Å²) < 4.78 is 5.30. The molecule has 0 N–H and O–H groups in total. The average Bonchev–Trinajstić information content (AvgIpc) is 3.10. The largest absolute Gasteiger partial charge is 0.497 e. The van der Waals surface area contributed by atoms with Crippen LogP contribution >= 0.6 is 0 Å². The van der Waals surface area contributed by atoms with Gasteiger partial charge >= 0.3 is 0 Å². The summed E-state index contributed by atoms with van der Waals surface area (Å²) in [6, 6.07) is 12.0. The Kier molecular flexibility index (Phi) is 4.99. The molecule has 1 aromatic heterocycles. The second kappa shape index (κ2) is 7.56. The highest BCUT2D eigenvalue weighted by Crippen LogP contribution is 2.26. The molecule has 2 fully saturated rings. The van der Waals surface area contributed by atoms with E-state index in [9.17, 15) is 4.79 Å². The Balaban J connectivity index is 1.38. The number of aromatic nitrogens is 1. The molecule has 142 valence electrons. The normalized spacial score (nSPS) is 21.0. The van der Waals surface area contributed by atoms with Gasteiger partial charge in [-0.2, -0.15) is 0 Å². The maximum absolute atomic E-state index is 13.0. The van der Waals surface area contributed by atoms with E-state index in [2.05, 4.69) is 33.8 Å². The minimum Gasteiger partial charge on any atom is -0.497 e. The number of aryl methyl sites for hydroxylation is 1. The number of hydrogen-bond acceptors (Lipinski definition) is 5. The second-order valence-corrected chi connectivity index (χ2v) is 7.21. The fourth-order valence-electron chi connectivity index (χ4n) is 3.95. The first-order valence-electron chi connectivity index (χ1n) is 9.53. The van der Waals surface area contributed by atoms with Crippen molar-refractivity contribution in [2.75, 3.05) is 49.6 Å². The first-order valence-corrected chi connectivity index (χ1v) is 9.53. The van der Waals surface area contributed by atoms with Crippen LogP contribution in [0.15, 0.2) is 42.6 Å². The standard InChI is InChI=1S/C21H26N4O2/c1-16-3-5-17(6-4-16)25-10-8-19(21(25)26)23-11-13-24(14-12-23)20-15-18(27-2)7-9-22-20/h3-7,9,15,19H,8,10-14H2,1-2H3. The Hall–Kier alpha value is -2.60. The smallest absolute Gasteiger partial charge is 0.244 e. The van der Waals surface area contributed by atoms with Gasteiger partial charge in [0, 0.05) is 50.7 Å². The molecular formula is C21H26N4O2. The van der Waals surface area contributed by atoms with Crippen molar-refractivity contribution in [1.82, 2.24) is 9.88 Å². The lowest BCUT2D eigenvalue weighted by Gasteiger charge is -2.37. The highest BCUT2D eigenvalue weighted by atomic mass is 16.5. The number of carbonyl (C=O) groups is 1. The maximum Gasteiger partial charge on any atom is 0.244 e. The van der Waals surface area contributed by atoms with E-state index in [0.717, 1.165) is 56.4 Å². The molecule has 6 nitrogen and oxygen atoms in total. The molecule has 0 radical (unpaired) electrons. The summed E-state index contributed by atoms with van der Waals surface area (Å²) in [6.45, 7) is 6.34. The summed E-state index contributed by atoms with van der Waals surface area (Å²) in [5, 5.41) is 0. The van der Waals surface area contributed by atoms with Crippen LogP contribution in [-0.4, -0.2) is 61.7 Å². The predicted molar refractivity (Wildman–Crippen MR) is 107 cm³/mol. The topological polar surface area (TPSA) is 48.9 Å². The van der Waals surface area contributed by atoms with Crippen molar-refractivity contribution in [2.45, 2.75) is 19.4 Å². The van der Waals surface area contributed by atoms with Crippen molar-refractivity contribution in [3.8, 4) is 5.75 Å². The van der Waals surface area contributed by atoms with Crippen molar-refractivity contribution in [3.63, 3.8) is 0 Å². The van der Waals surface area contributed by atoms with Crippen molar-refractivity contribution in [3.05, 3.63) is 48.2 Å². The van der Waals surface area contributed by atoms with E-state index in [4.69, 9.17) is 4.74 Å². The highest BCUT2D eigenvalue weighted by molar-refractivity contribution is 5.99. The molecular weight excluding hydrogens is 340 g/mol. The van der Waals surface area contributed by atoms with Gasteiger partial charge in [-0.1, -0.05) is 17.7 Å². The third kappa shape index (κ3) is 3.62. The Morgan fingerprint density at radius 2 is 1.78 bits per heavy atom. The Morgan fingerprint density at radius 3 is 2.48 bits per heavy atom. The second-order valence-electron chi connectivity index (χ2n) is 7.21. The van der Waals surface area contributed by atoms with E-state index in [0.29, 0.717) is 0 Å². The van der Waals surface area contributed by atoms with Gasteiger partial charge in [-0.3, -0.25) is 9.69 Å². The maximum atomic E-state index is 13.0. The summed E-state index contributed by atoms with van der Waals surface area (Å²) in [4.78, 5) is 23.9. The van der Waals surface area contributed by atoms with Gasteiger partial charge in [-0.25, -0.2) is 4.98 Å². The SMILES string of the molecule is COc1ccnc(N2CCN(C3CCN(c4ccc(C)cc4)C3=O)CC2)c1. The minimum absolute atomic E-state index is 0.00767. The number of pyridine rings is 1. The van der Waals surface area contributed by atoms with Crippen molar-refractivity contribution in [2.24, 2.45) is 0 Å². The number of hydrogen-bond donors (Lipinski definition) is 0. The van der Waals surface area contributed by atoms with E-state index < -0.39 is 0 Å². The molecule has 0 bridgehead atoms. The summed E-state index contributed by atoms with van der Waals surface area (Å²) in [7, 11) is 1.67. The van der Waals surface area contributed by atoms with Gasteiger partial charge in [0.05, 0.1) is 13.2 Å². The number of nitrogens with zero attached hydrogens (tertiary/aromatic N) is 4. The van der Waals surface area contributed by atoms with Gasteiger partial charge in [-0.15, -0.1) is 0 Å². The van der Waals surface area contributed by atoms with Crippen LogP contribution in [0, 0.1) is 6.92 Å². The molecule has 0 aliphatic carbocycles. The van der Waals surface area contributed by atoms with Crippen molar-refractivity contribution < 1.29 is 9.53 Å². The summed E-state index contributed by atoms with van der Waals surface area (Å²) in [6.07, 6.45) is 2.67. The zero-order valence-electron chi connectivity index (χ0n) is 16.0. The van der Waals surface area contributed by atoms with Crippen molar-refractivity contribution in [1.29, 1.82) is 0 Å². The van der Waals surface area contributed by atoms with Crippen LogP contribution in [0.3, 0.4) is 0 Å². The fourth-order valence-corrected chi connectivity index (χ4v) is 3.95. The molecule has 0 saturated carbocycles. The quantitative estimate of drug-likeness (QED) is 0.831. The Bertz CT molecular complexity index is 800. The molecule has 6 heteroatoms. The van der Waals surface area contributed by atoms with Gasteiger partial charge in [0.25, 0.3) is 0 Å². The number of methoxy groups -OCH3 is 1. The van der Waals surface area contributed by atoms with Gasteiger partial charge < -0.3 is 14.5 Å². The number of anilines is 2. The van der Waals surface area contributed by atoms with Crippen molar-refractivity contribution >= 4 is 17.4 Å². The average molecular weight is 366 g/mol. The van der Waals surface area contributed by atoms with E-state index in [1.54, 1.807) is 13.3 Å². The lowest BCUT2D eigenvalue weighted by atomic mass is 10.1. The molecule has 2 aromatic rings. The molecule has 4 rings (SSSR count). The van der Waals surface area contributed by atoms with Gasteiger partial charge in [-0.05, 0) is 31.5 Å². The molecule has 0 spiro atoms. The van der Waals surface area contributed by atoms with Crippen LogP contribution in [0.5, 0.6) is 5.75 Å². The van der Waals surface area contributed by atoms with Gasteiger partial charge in [0.15, 0.2) is 0 Å². The van der Waals surface area contributed by atoms with Crippen LogP contribution in [0.1, 0.15) is 12.0 Å². The third-order valence-electron chi connectivity index (χ3n) is 5.55. The third-order valence-corrected chi connectivity index (χ3v) is 5.55. The number of rotatable bonds is 4. The Labute approximate surface area is 160 Å². The fraction of sp³-hybridized carbons (Fsp3) is 0.429. The van der Waals surface area contributed by atoms with E-state index in [1.165, 1.54) is 5.56 Å². The van der Waals surface area contributed by atoms with Gasteiger partial charge in [0.1, 0.15) is 11.6 Å². The highest BCUT2D eigenvalue weighted by Gasteiger charge is 2.37. The molecule has 1 atom stereocenters. The summed E-state index contributed by atoms with van der Waals surface area (Å²) in [5.74, 6) is 1.99. The minimum atomic E-state index is -0.00767. The van der Waals surface area contributed by atoms with E-state index in [-0.39, 0.29) is 11.9 Å². The number of carbonyl (C=O) groups excluding carboxylic acids is 1. The lowest BCUT2D eigenvalue weighted by molar-refractivity contribution is -0.121. The molecule has 27 heavy (non-hydrogen) atoms. The first kappa shape index (κ1) is 17.8. The van der Waals surface area contributed by atoms with Crippen LogP contribution < -0.4 is 14.5 Å². The van der Waals surface area contributed by atoms with Crippen LogP contribution in [0.25, 0.3) is 0 Å². The molecule has 3 heterocycles. The zero-order chi connectivity index (χ0) is 18.8. The first-order chi connectivity index (χ1) is 13.2. The Morgan fingerprint density at radius 1 is 1.04 bits per heavy atom. The molecule has 1 amide bonds. The van der Waals surface area contributed by atoms with Gasteiger partial charge in [0.2, 0.25) is 5.91 Å².